The molecule has 1 aromatic heterocycles. The number of esters is 1. The van der Waals surface area contributed by atoms with Crippen LogP contribution in [0.5, 0.6) is 0 Å². The number of ketones is 1. The maximum absolute atomic E-state index is 13.2. The van der Waals surface area contributed by atoms with Gasteiger partial charge in [0.05, 0.1) is 46.9 Å². The lowest BCUT2D eigenvalue weighted by Gasteiger charge is -2.35. The van der Waals surface area contributed by atoms with Crippen LogP contribution in [0.4, 0.5) is 0 Å². The predicted molar refractivity (Wildman–Crippen MR) is 142 cm³/mol. The van der Waals surface area contributed by atoms with E-state index in [1.807, 2.05) is 19.2 Å². The summed E-state index contributed by atoms with van der Waals surface area (Å²) in [6.45, 7) is 10.2. The highest BCUT2D eigenvalue weighted by molar-refractivity contribution is 7.09. The molecule has 1 fully saturated rings. The van der Waals surface area contributed by atoms with Crippen molar-refractivity contribution < 1.29 is 29.6 Å². The van der Waals surface area contributed by atoms with E-state index in [2.05, 4.69) is 15.0 Å². The molecule has 2 heterocycles. The minimum Gasteiger partial charge on any atom is -0.458 e. The van der Waals surface area contributed by atoms with E-state index in [1.54, 1.807) is 33.8 Å². The molecule has 206 valence electrons. The average Bonchev–Trinajstić information content (AvgIpc) is 3.24. The van der Waals surface area contributed by atoms with Gasteiger partial charge in [0.2, 0.25) is 0 Å². The highest BCUT2D eigenvalue weighted by Gasteiger charge is 2.42. The summed E-state index contributed by atoms with van der Waals surface area (Å²) in [4.78, 5) is 33.5. The molecule has 11 heteroatoms. The lowest BCUT2D eigenvalue weighted by atomic mass is 9.73. The number of rotatable bonds is 3. The largest absolute Gasteiger partial charge is 0.458 e. The standard InChI is InChI=1S/C26H40N4O6S/c1-14-8-7-9-20(31)19(29-30-27)11-21(15(2)10-18-13-37-17(4)28-18)36-23(33)12-22(32)26(5,6)25(35)16(3)24(14)34/h10,13-14,16,19-22,24,31-32,34H,7-9,11-12H2,1-6H3/b15-10+/t14?,16-,19+,20+,21+,22+,24+/m1/s1. The molecular weight excluding hydrogens is 496 g/mol. The topological polar surface area (TPSA) is 166 Å². The third-order valence-electron chi connectivity index (χ3n) is 7.39. The van der Waals surface area contributed by atoms with Gasteiger partial charge in [-0.25, -0.2) is 4.98 Å². The first-order valence-electron chi connectivity index (χ1n) is 12.7. The molecule has 0 amide bonds. The minimum absolute atomic E-state index is 0.0377. The molecule has 0 saturated carbocycles. The number of hydrogen-bond acceptors (Lipinski definition) is 9. The molecule has 10 nitrogen and oxygen atoms in total. The number of hydrogen-bond donors (Lipinski definition) is 3. The second-order valence-corrected chi connectivity index (χ2v) is 11.8. The Balaban J connectivity index is 2.43. The lowest BCUT2D eigenvalue weighted by molar-refractivity contribution is -0.154. The number of ether oxygens (including phenoxy) is 1. The van der Waals surface area contributed by atoms with Gasteiger partial charge in [0, 0.05) is 16.2 Å². The number of cyclic esters (lactones) is 1. The summed E-state index contributed by atoms with van der Waals surface area (Å²) >= 11 is 1.48. The van der Waals surface area contributed by atoms with Crippen molar-refractivity contribution in [3.8, 4) is 0 Å². The van der Waals surface area contributed by atoms with Gasteiger partial charge >= 0.3 is 5.97 Å². The molecule has 1 aliphatic rings. The zero-order valence-corrected chi connectivity index (χ0v) is 23.3. The lowest BCUT2D eigenvalue weighted by Crippen LogP contribution is -2.46. The summed E-state index contributed by atoms with van der Waals surface area (Å²) in [7, 11) is 0. The number of carbonyl (C=O) groups excluding carboxylic acids is 2. The fraction of sp³-hybridized carbons (Fsp3) is 0.731. The number of Topliss-reactive ketones (excluding diaryl/α,β-unsaturated/α-hetero) is 1. The maximum atomic E-state index is 13.2. The first-order valence-corrected chi connectivity index (χ1v) is 13.6. The quantitative estimate of drug-likeness (QED) is 0.223. The smallest absolute Gasteiger partial charge is 0.309 e. The van der Waals surface area contributed by atoms with Gasteiger partial charge in [0.1, 0.15) is 11.9 Å². The molecule has 3 N–H and O–H groups in total. The van der Waals surface area contributed by atoms with Crippen molar-refractivity contribution in [3.05, 3.63) is 32.1 Å². The number of azide groups is 1. The molecule has 1 aliphatic heterocycles. The van der Waals surface area contributed by atoms with Crippen LogP contribution in [-0.2, 0) is 14.3 Å². The molecule has 1 unspecified atom stereocenters. The third-order valence-corrected chi connectivity index (χ3v) is 8.18. The van der Waals surface area contributed by atoms with Crippen LogP contribution in [-0.4, -0.2) is 62.5 Å². The Hall–Kier alpha value is -2.30. The predicted octanol–water partition coefficient (Wildman–Crippen LogP) is 4.36. The van der Waals surface area contributed by atoms with Crippen LogP contribution in [0.15, 0.2) is 16.1 Å². The van der Waals surface area contributed by atoms with Crippen molar-refractivity contribution >= 4 is 29.2 Å². The number of carbonyl (C=O) groups is 2. The Bertz CT molecular complexity index is 1020. The van der Waals surface area contributed by atoms with E-state index in [9.17, 15) is 24.9 Å². The molecule has 0 aromatic carbocycles. The summed E-state index contributed by atoms with van der Waals surface area (Å²) in [5.41, 5.74) is 9.17. The molecule has 0 radical (unpaired) electrons. The van der Waals surface area contributed by atoms with Crippen LogP contribution in [0, 0.1) is 24.2 Å². The van der Waals surface area contributed by atoms with Crippen LogP contribution in [0.3, 0.4) is 0 Å². The van der Waals surface area contributed by atoms with Gasteiger partial charge in [0.15, 0.2) is 0 Å². The monoisotopic (exact) mass is 536 g/mol. The number of nitrogens with zero attached hydrogens (tertiary/aromatic N) is 4. The molecule has 1 saturated heterocycles. The van der Waals surface area contributed by atoms with Crippen molar-refractivity contribution in [1.82, 2.24) is 4.98 Å². The summed E-state index contributed by atoms with van der Waals surface area (Å²) in [6, 6.07) is -0.863. The van der Waals surface area contributed by atoms with Crippen molar-refractivity contribution in [2.24, 2.45) is 22.4 Å². The number of aliphatic hydroxyl groups excluding tert-OH is 3. The van der Waals surface area contributed by atoms with Crippen molar-refractivity contribution in [1.29, 1.82) is 0 Å². The summed E-state index contributed by atoms with van der Waals surface area (Å²) in [6.07, 6.45) is -1.38. The molecule has 0 spiro atoms. The van der Waals surface area contributed by atoms with Crippen LogP contribution in [0.1, 0.15) is 77.4 Å². The van der Waals surface area contributed by atoms with Crippen molar-refractivity contribution in [2.75, 3.05) is 0 Å². The molecule has 1 aromatic rings. The molecule has 0 aliphatic carbocycles. The zero-order valence-electron chi connectivity index (χ0n) is 22.5. The SMILES string of the molecule is C/C(=C\c1csc(C)n1)[C@@H]1C[C@H](N=[N+]=[N-])[C@@H](O)CCCC(C)[C@H](O)[C@@H](C)C(=O)C(C)(C)[C@@H](O)CC(=O)O1. The molecule has 2 rings (SSSR count). The second kappa shape index (κ2) is 13.5. The fourth-order valence-electron chi connectivity index (χ4n) is 4.70. The van der Waals surface area contributed by atoms with Crippen LogP contribution in [0.25, 0.3) is 16.5 Å². The Labute approximate surface area is 222 Å². The van der Waals surface area contributed by atoms with Gasteiger partial charge in [-0.1, -0.05) is 39.2 Å². The molecule has 0 bridgehead atoms. The number of aromatic nitrogens is 1. The number of thiazole rings is 1. The van der Waals surface area contributed by atoms with Gasteiger partial charge in [-0.15, -0.1) is 11.3 Å². The summed E-state index contributed by atoms with van der Waals surface area (Å²) in [5.74, 6) is -2.07. The van der Waals surface area contributed by atoms with E-state index >= 15 is 0 Å². The third kappa shape index (κ3) is 8.35. The Kier molecular flexibility index (Phi) is 11.3. The van der Waals surface area contributed by atoms with Crippen molar-refractivity contribution in [3.63, 3.8) is 0 Å². The molecule has 37 heavy (non-hydrogen) atoms. The number of aliphatic hydroxyl groups is 3. The van der Waals surface area contributed by atoms with Crippen molar-refractivity contribution in [2.45, 2.75) is 104 Å². The first kappa shape index (κ1) is 30.9. The summed E-state index contributed by atoms with van der Waals surface area (Å²) < 4.78 is 5.73. The second-order valence-electron chi connectivity index (χ2n) is 10.7. The average molecular weight is 537 g/mol. The van der Waals surface area contributed by atoms with Gasteiger partial charge < -0.3 is 20.1 Å². The van der Waals surface area contributed by atoms with E-state index in [0.717, 1.165) is 5.01 Å². The zero-order chi connectivity index (χ0) is 27.9. The van der Waals surface area contributed by atoms with Crippen LogP contribution >= 0.6 is 11.3 Å². The van der Waals surface area contributed by atoms with Gasteiger partial charge in [-0.3, -0.25) is 9.59 Å². The van der Waals surface area contributed by atoms with Crippen LogP contribution in [0.2, 0.25) is 0 Å². The highest BCUT2D eigenvalue weighted by Crippen LogP contribution is 2.33. The fourth-order valence-corrected chi connectivity index (χ4v) is 5.27. The molecule has 7 atom stereocenters. The van der Waals surface area contributed by atoms with E-state index in [-0.39, 0.29) is 18.1 Å². The highest BCUT2D eigenvalue weighted by atomic mass is 32.1. The molecular formula is C26H40N4O6S. The van der Waals surface area contributed by atoms with Gasteiger partial charge in [-0.2, -0.15) is 0 Å². The first-order chi connectivity index (χ1) is 17.3. The van der Waals surface area contributed by atoms with Gasteiger partial charge in [-0.05, 0) is 56.2 Å². The Morgan fingerprint density at radius 3 is 2.54 bits per heavy atom. The normalized spacial score (nSPS) is 32.9. The Morgan fingerprint density at radius 2 is 1.95 bits per heavy atom. The van der Waals surface area contributed by atoms with E-state index in [1.165, 1.54) is 11.3 Å². The van der Waals surface area contributed by atoms with Crippen LogP contribution < -0.4 is 0 Å². The number of aryl methyl sites for hydroxylation is 1. The Morgan fingerprint density at radius 1 is 1.27 bits per heavy atom. The minimum atomic E-state index is -1.34. The van der Waals surface area contributed by atoms with E-state index in [0.29, 0.717) is 30.5 Å². The van der Waals surface area contributed by atoms with E-state index < -0.39 is 54.2 Å². The maximum Gasteiger partial charge on any atom is 0.309 e. The summed E-state index contributed by atoms with van der Waals surface area (Å²) in [5, 5.41) is 39.0. The van der Waals surface area contributed by atoms with Gasteiger partial charge in [0.25, 0.3) is 0 Å². The van der Waals surface area contributed by atoms with E-state index in [4.69, 9.17) is 10.3 Å².